The van der Waals surface area contributed by atoms with E-state index < -0.39 is 0 Å². The van der Waals surface area contributed by atoms with Crippen LogP contribution in [0.25, 0.3) is 0 Å². The fraction of sp³-hybridized carbons (Fsp3) is 0.529. The minimum atomic E-state index is -0.224. The molecule has 0 bridgehead atoms. The Hall–Kier alpha value is -1.75. The second kappa shape index (κ2) is 10.1. The second-order valence-electron chi connectivity index (χ2n) is 5.46. The third-order valence-corrected chi connectivity index (χ3v) is 3.90. The first-order chi connectivity index (χ1) is 10.9. The SMILES string of the molecule is CCCCC(=O)NCCNC(=O)COc1cc(C)c(Cl)c(C)c1. The van der Waals surface area contributed by atoms with Gasteiger partial charge < -0.3 is 15.4 Å². The van der Waals surface area contributed by atoms with Gasteiger partial charge in [0, 0.05) is 24.5 Å². The summed E-state index contributed by atoms with van der Waals surface area (Å²) in [5, 5.41) is 6.17. The Morgan fingerprint density at radius 3 is 2.22 bits per heavy atom. The molecular weight excluding hydrogens is 316 g/mol. The maximum atomic E-state index is 11.7. The summed E-state index contributed by atoms with van der Waals surface area (Å²) in [6.07, 6.45) is 2.40. The van der Waals surface area contributed by atoms with Gasteiger partial charge in [-0.1, -0.05) is 24.9 Å². The molecule has 5 nitrogen and oxygen atoms in total. The largest absolute Gasteiger partial charge is 0.484 e. The van der Waals surface area contributed by atoms with Gasteiger partial charge in [0.1, 0.15) is 5.75 Å². The van der Waals surface area contributed by atoms with Crippen LogP contribution in [-0.2, 0) is 9.59 Å². The number of benzene rings is 1. The van der Waals surface area contributed by atoms with Crippen LogP contribution in [0.5, 0.6) is 5.75 Å². The Balaban J connectivity index is 2.23. The van der Waals surface area contributed by atoms with Crippen LogP contribution in [0.3, 0.4) is 0 Å². The first-order valence-corrected chi connectivity index (χ1v) is 8.24. The van der Waals surface area contributed by atoms with Gasteiger partial charge in [-0.3, -0.25) is 9.59 Å². The summed E-state index contributed by atoms with van der Waals surface area (Å²) in [4.78, 5) is 23.1. The molecule has 0 aromatic heterocycles. The molecule has 2 N–H and O–H groups in total. The van der Waals surface area contributed by atoms with E-state index in [1.54, 1.807) is 12.1 Å². The predicted octanol–water partition coefficient (Wildman–Crippen LogP) is 2.76. The van der Waals surface area contributed by atoms with Crippen molar-refractivity contribution in [1.29, 1.82) is 0 Å². The van der Waals surface area contributed by atoms with Crippen molar-refractivity contribution in [3.8, 4) is 5.75 Å². The number of carbonyl (C=O) groups is 2. The molecule has 0 saturated carbocycles. The highest BCUT2D eigenvalue weighted by molar-refractivity contribution is 6.32. The van der Waals surface area contributed by atoms with E-state index in [4.69, 9.17) is 16.3 Å². The molecule has 1 aromatic rings. The van der Waals surface area contributed by atoms with Gasteiger partial charge in [0.15, 0.2) is 6.61 Å². The molecule has 0 fully saturated rings. The Labute approximate surface area is 142 Å². The topological polar surface area (TPSA) is 67.4 Å². The molecule has 0 aliphatic carbocycles. The highest BCUT2D eigenvalue weighted by atomic mass is 35.5. The van der Waals surface area contributed by atoms with E-state index in [1.165, 1.54) is 0 Å². The van der Waals surface area contributed by atoms with Crippen LogP contribution < -0.4 is 15.4 Å². The Morgan fingerprint density at radius 1 is 1.09 bits per heavy atom. The Morgan fingerprint density at radius 2 is 1.65 bits per heavy atom. The van der Waals surface area contributed by atoms with Crippen molar-refractivity contribution in [3.05, 3.63) is 28.3 Å². The molecule has 2 amide bonds. The van der Waals surface area contributed by atoms with Gasteiger partial charge in [-0.2, -0.15) is 0 Å². The van der Waals surface area contributed by atoms with Crippen LogP contribution in [0.1, 0.15) is 37.3 Å². The molecule has 0 aliphatic rings. The zero-order chi connectivity index (χ0) is 17.2. The zero-order valence-corrected chi connectivity index (χ0v) is 14.8. The van der Waals surface area contributed by atoms with Gasteiger partial charge in [0.05, 0.1) is 0 Å². The molecule has 0 saturated heterocycles. The van der Waals surface area contributed by atoms with Crippen LogP contribution in [-0.4, -0.2) is 31.5 Å². The summed E-state index contributed by atoms with van der Waals surface area (Å²) in [5.41, 5.74) is 1.83. The normalized spacial score (nSPS) is 10.3. The first-order valence-electron chi connectivity index (χ1n) is 7.87. The van der Waals surface area contributed by atoms with Gasteiger partial charge in [-0.05, 0) is 43.5 Å². The van der Waals surface area contributed by atoms with Crippen molar-refractivity contribution in [2.24, 2.45) is 0 Å². The standard InChI is InChI=1S/C17H25ClN2O3/c1-4-5-6-15(21)19-7-8-20-16(22)11-23-14-9-12(2)17(18)13(3)10-14/h9-10H,4-8,11H2,1-3H3,(H,19,21)(H,20,22). The van der Waals surface area contributed by atoms with E-state index >= 15 is 0 Å². The second-order valence-corrected chi connectivity index (χ2v) is 5.84. The summed E-state index contributed by atoms with van der Waals surface area (Å²) in [6, 6.07) is 3.60. The maximum Gasteiger partial charge on any atom is 0.258 e. The molecule has 1 rings (SSSR count). The van der Waals surface area contributed by atoms with Gasteiger partial charge in [0.2, 0.25) is 5.91 Å². The number of halogens is 1. The minimum absolute atomic E-state index is 0.0180. The summed E-state index contributed by atoms with van der Waals surface area (Å²) in [7, 11) is 0. The van der Waals surface area contributed by atoms with Crippen LogP contribution in [0.4, 0.5) is 0 Å². The average molecular weight is 341 g/mol. The third kappa shape index (κ3) is 7.37. The predicted molar refractivity (Wildman–Crippen MR) is 92.0 cm³/mol. The van der Waals surface area contributed by atoms with E-state index in [0.717, 1.165) is 24.0 Å². The average Bonchev–Trinajstić information content (AvgIpc) is 2.52. The molecule has 0 atom stereocenters. The molecule has 0 radical (unpaired) electrons. The van der Waals surface area contributed by atoms with Crippen molar-refractivity contribution in [2.45, 2.75) is 40.0 Å². The number of unbranched alkanes of at least 4 members (excludes halogenated alkanes) is 1. The molecule has 0 aliphatic heterocycles. The molecule has 1 aromatic carbocycles. The lowest BCUT2D eigenvalue weighted by molar-refractivity contribution is -0.124. The first kappa shape index (κ1) is 19.3. The summed E-state index contributed by atoms with van der Waals surface area (Å²) in [6.45, 7) is 6.57. The summed E-state index contributed by atoms with van der Waals surface area (Å²) in [5.74, 6) is 0.412. The van der Waals surface area contributed by atoms with Crippen molar-refractivity contribution >= 4 is 23.4 Å². The van der Waals surface area contributed by atoms with Crippen molar-refractivity contribution in [3.63, 3.8) is 0 Å². The number of hydrogen-bond acceptors (Lipinski definition) is 3. The highest BCUT2D eigenvalue weighted by Crippen LogP contribution is 2.25. The van der Waals surface area contributed by atoms with Crippen LogP contribution in [0, 0.1) is 13.8 Å². The van der Waals surface area contributed by atoms with Crippen LogP contribution in [0.15, 0.2) is 12.1 Å². The van der Waals surface area contributed by atoms with E-state index in [-0.39, 0.29) is 18.4 Å². The number of carbonyl (C=O) groups excluding carboxylic acids is 2. The molecule has 0 unspecified atom stereocenters. The molecule has 0 spiro atoms. The lowest BCUT2D eigenvalue weighted by Gasteiger charge is -2.10. The number of amides is 2. The van der Waals surface area contributed by atoms with Crippen molar-refractivity contribution in [1.82, 2.24) is 10.6 Å². The van der Waals surface area contributed by atoms with E-state index in [2.05, 4.69) is 10.6 Å². The fourth-order valence-corrected chi connectivity index (χ4v) is 2.13. The molecule has 6 heteroatoms. The molecule has 128 valence electrons. The van der Waals surface area contributed by atoms with E-state index in [9.17, 15) is 9.59 Å². The molecule has 0 heterocycles. The Bertz CT molecular complexity index is 524. The van der Waals surface area contributed by atoms with Gasteiger partial charge in [-0.25, -0.2) is 0 Å². The van der Waals surface area contributed by atoms with Crippen molar-refractivity contribution < 1.29 is 14.3 Å². The summed E-state index contributed by atoms with van der Waals surface area (Å²) < 4.78 is 5.46. The van der Waals surface area contributed by atoms with E-state index in [0.29, 0.717) is 30.3 Å². The number of rotatable bonds is 9. The maximum absolute atomic E-state index is 11.7. The smallest absolute Gasteiger partial charge is 0.258 e. The number of hydrogen-bond donors (Lipinski definition) is 2. The van der Waals surface area contributed by atoms with Crippen LogP contribution in [0.2, 0.25) is 5.02 Å². The lowest BCUT2D eigenvalue weighted by Crippen LogP contribution is -2.36. The van der Waals surface area contributed by atoms with Gasteiger partial charge in [-0.15, -0.1) is 0 Å². The minimum Gasteiger partial charge on any atom is -0.484 e. The van der Waals surface area contributed by atoms with E-state index in [1.807, 2.05) is 20.8 Å². The van der Waals surface area contributed by atoms with Crippen LogP contribution >= 0.6 is 11.6 Å². The van der Waals surface area contributed by atoms with Crippen molar-refractivity contribution in [2.75, 3.05) is 19.7 Å². The van der Waals surface area contributed by atoms with Gasteiger partial charge in [0.25, 0.3) is 5.91 Å². The van der Waals surface area contributed by atoms with Gasteiger partial charge >= 0.3 is 0 Å². The monoisotopic (exact) mass is 340 g/mol. The summed E-state index contributed by atoms with van der Waals surface area (Å²) >= 11 is 6.08. The fourth-order valence-electron chi connectivity index (χ4n) is 2.02. The third-order valence-electron chi connectivity index (χ3n) is 3.31. The zero-order valence-electron chi connectivity index (χ0n) is 14.0. The quantitative estimate of drug-likeness (QED) is 0.679. The number of ether oxygens (including phenoxy) is 1. The number of aryl methyl sites for hydroxylation is 2. The lowest BCUT2D eigenvalue weighted by atomic mass is 10.1. The molecular formula is C17H25ClN2O3. The highest BCUT2D eigenvalue weighted by Gasteiger charge is 2.06. The molecule has 23 heavy (non-hydrogen) atoms. The number of nitrogens with one attached hydrogen (secondary N) is 2. The Kier molecular flexibility index (Phi) is 8.48.